The Kier molecular flexibility index (Phi) is 4.65. The molecule has 0 bridgehead atoms. The van der Waals surface area contributed by atoms with Crippen molar-refractivity contribution in [3.05, 3.63) is 28.2 Å². The summed E-state index contributed by atoms with van der Waals surface area (Å²) >= 11 is 3.33. The van der Waals surface area contributed by atoms with Gasteiger partial charge in [-0.1, -0.05) is 15.9 Å². The maximum Gasteiger partial charge on any atom is 0.303 e. The number of rotatable bonds is 4. The minimum Gasteiger partial charge on any atom is -0.481 e. The number of carbonyl (C=O) groups excluding carboxylic acids is 1. The minimum atomic E-state index is -0.745. The number of hydrogen-bond acceptors (Lipinski definition) is 3. The second-order valence-corrected chi connectivity index (χ2v) is 5.97. The Balaban J connectivity index is 2.11. The number of amides is 1. The lowest BCUT2D eigenvalue weighted by atomic mass is 9.93. The fourth-order valence-corrected chi connectivity index (χ4v) is 2.97. The van der Waals surface area contributed by atoms with Gasteiger partial charge in [-0.2, -0.15) is 0 Å². The lowest BCUT2D eigenvalue weighted by Gasteiger charge is -2.34. The third-order valence-electron chi connectivity index (χ3n) is 3.64. The summed E-state index contributed by atoms with van der Waals surface area (Å²) < 4.78 is 0.816. The van der Waals surface area contributed by atoms with Crippen LogP contribution in [0.5, 0.6) is 0 Å². The molecule has 1 aromatic carbocycles. The molecule has 1 fully saturated rings. The van der Waals surface area contributed by atoms with Crippen LogP contribution < -0.4 is 10.6 Å². The van der Waals surface area contributed by atoms with E-state index >= 15 is 0 Å². The van der Waals surface area contributed by atoms with Crippen molar-refractivity contribution in [1.29, 1.82) is 0 Å². The molecule has 0 atom stereocenters. The molecular weight excluding hydrogens is 324 g/mol. The zero-order valence-corrected chi connectivity index (χ0v) is 12.6. The van der Waals surface area contributed by atoms with Crippen molar-refractivity contribution < 1.29 is 14.7 Å². The quantitative estimate of drug-likeness (QED) is 0.880. The van der Waals surface area contributed by atoms with Gasteiger partial charge in [-0.3, -0.25) is 9.59 Å². The van der Waals surface area contributed by atoms with Gasteiger partial charge in [-0.25, -0.2) is 0 Å². The summed E-state index contributed by atoms with van der Waals surface area (Å²) in [4.78, 5) is 24.3. The molecule has 6 heteroatoms. The summed E-state index contributed by atoms with van der Waals surface area (Å²) in [5.41, 5.74) is 6.74. The van der Waals surface area contributed by atoms with Crippen LogP contribution >= 0.6 is 15.9 Å². The molecule has 0 saturated carbocycles. The second kappa shape index (κ2) is 6.26. The van der Waals surface area contributed by atoms with Crippen LogP contribution in [0.15, 0.2) is 22.7 Å². The predicted octanol–water partition coefficient (Wildman–Crippen LogP) is 2.24. The smallest absolute Gasteiger partial charge is 0.303 e. The van der Waals surface area contributed by atoms with Crippen LogP contribution in [0.1, 0.15) is 29.6 Å². The SMILES string of the molecule is NC(=O)c1cc(Br)ccc1N1CCC(CC(=O)O)CC1. The molecule has 5 nitrogen and oxygen atoms in total. The molecule has 0 aliphatic carbocycles. The number of carboxylic acids is 1. The number of nitrogens with zero attached hydrogens (tertiary/aromatic N) is 1. The molecule has 0 aromatic heterocycles. The Morgan fingerprint density at radius 2 is 2.00 bits per heavy atom. The molecule has 108 valence electrons. The highest BCUT2D eigenvalue weighted by molar-refractivity contribution is 9.10. The van der Waals surface area contributed by atoms with E-state index in [4.69, 9.17) is 10.8 Å². The number of aliphatic carboxylic acids is 1. The van der Waals surface area contributed by atoms with Gasteiger partial charge in [0, 0.05) is 29.7 Å². The minimum absolute atomic E-state index is 0.219. The number of primary amides is 1. The molecule has 1 aliphatic heterocycles. The fourth-order valence-electron chi connectivity index (χ4n) is 2.61. The van der Waals surface area contributed by atoms with Crippen LogP contribution in [0.25, 0.3) is 0 Å². The van der Waals surface area contributed by atoms with E-state index in [1.807, 2.05) is 12.1 Å². The van der Waals surface area contributed by atoms with E-state index < -0.39 is 11.9 Å². The number of nitrogens with two attached hydrogens (primary N) is 1. The third kappa shape index (κ3) is 3.50. The van der Waals surface area contributed by atoms with Crippen LogP contribution in [0.2, 0.25) is 0 Å². The van der Waals surface area contributed by atoms with Crippen molar-refractivity contribution in [3.8, 4) is 0 Å². The molecule has 1 aromatic rings. The van der Waals surface area contributed by atoms with Crippen molar-refractivity contribution in [2.45, 2.75) is 19.3 Å². The molecule has 0 spiro atoms. The normalized spacial score (nSPS) is 16.1. The number of benzene rings is 1. The van der Waals surface area contributed by atoms with E-state index in [9.17, 15) is 9.59 Å². The monoisotopic (exact) mass is 340 g/mol. The van der Waals surface area contributed by atoms with Crippen molar-refractivity contribution >= 4 is 33.5 Å². The third-order valence-corrected chi connectivity index (χ3v) is 4.14. The lowest BCUT2D eigenvalue weighted by Crippen LogP contribution is -2.35. The van der Waals surface area contributed by atoms with Crippen LogP contribution in [-0.4, -0.2) is 30.1 Å². The van der Waals surface area contributed by atoms with Crippen LogP contribution in [0.4, 0.5) is 5.69 Å². The van der Waals surface area contributed by atoms with Gasteiger partial charge in [0.25, 0.3) is 5.91 Å². The van der Waals surface area contributed by atoms with E-state index in [-0.39, 0.29) is 12.3 Å². The van der Waals surface area contributed by atoms with Gasteiger partial charge >= 0.3 is 5.97 Å². The van der Waals surface area contributed by atoms with Gasteiger partial charge in [0.1, 0.15) is 0 Å². The van der Waals surface area contributed by atoms with Gasteiger partial charge in [0.2, 0.25) is 0 Å². The first-order valence-corrected chi connectivity index (χ1v) is 7.32. The van der Waals surface area contributed by atoms with E-state index in [0.29, 0.717) is 5.56 Å². The van der Waals surface area contributed by atoms with Crippen LogP contribution in [0.3, 0.4) is 0 Å². The zero-order valence-electron chi connectivity index (χ0n) is 11.0. The highest BCUT2D eigenvalue weighted by Crippen LogP contribution is 2.29. The van der Waals surface area contributed by atoms with Crippen LogP contribution in [-0.2, 0) is 4.79 Å². The average Bonchev–Trinajstić information content (AvgIpc) is 2.39. The van der Waals surface area contributed by atoms with Gasteiger partial charge in [0.05, 0.1) is 5.56 Å². The van der Waals surface area contributed by atoms with Crippen molar-refractivity contribution in [1.82, 2.24) is 0 Å². The lowest BCUT2D eigenvalue weighted by molar-refractivity contribution is -0.138. The van der Waals surface area contributed by atoms with Crippen LogP contribution in [0, 0.1) is 5.92 Å². The first-order valence-electron chi connectivity index (χ1n) is 6.53. The molecule has 0 radical (unpaired) electrons. The Labute approximate surface area is 125 Å². The van der Waals surface area contributed by atoms with E-state index in [0.717, 1.165) is 36.1 Å². The zero-order chi connectivity index (χ0) is 14.7. The van der Waals surface area contributed by atoms with Gasteiger partial charge in [0.15, 0.2) is 0 Å². The van der Waals surface area contributed by atoms with E-state index in [1.54, 1.807) is 6.07 Å². The summed E-state index contributed by atoms with van der Waals surface area (Å²) in [5, 5.41) is 8.82. The summed E-state index contributed by atoms with van der Waals surface area (Å²) in [6, 6.07) is 5.48. The highest BCUT2D eigenvalue weighted by atomic mass is 79.9. The number of carboxylic acid groups (broad SMARTS) is 1. The highest BCUT2D eigenvalue weighted by Gasteiger charge is 2.23. The Morgan fingerprint density at radius 3 is 2.55 bits per heavy atom. The second-order valence-electron chi connectivity index (χ2n) is 5.05. The van der Waals surface area contributed by atoms with E-state index in [2.05, 4.69) is 20.8 Å². The first kappa shape index (κ1) is 14.8. The molecular formula is C14H17BrN2O3. The molecule has 1 amide bonds. The molecule has 1 heterocycles. The van der Waals surface area contributed by atoms with Gasteiger partial charge in [-0.15, -0.1) is 0 Å². The molecule has 20 heavy (non-hydrogen) atoms. The fraction of sp³-hybridized carbons (Fsp3) is 0.429. The van der Waals surface area contributed by atoms with Crippen molar-refractivity contribution in [2.24, 2.45) is 11.7 Å². The topological polar surface area (TPSA) is 83.6 Å². The van der Waals surface area contributed by atoms with Gasteiger partial charge in [-0.05, 0) is 37.0 Å². The summed E-state index contributed by atoms with van der Waals surface area (Å²) in [7, 11) is 0. The number of hydrogen-bond donors (Lipinski definition) is 2. The number of anilines is 1. The molecule has 1 saturated heterocycles. The molecule has 2 rings (SSSR count). The standard InChI is InChI=1S/C14H17BrN2O3/c15-10-1-2-12(11(8-10)14(16)20)17-5-3-9(4-6-17)7-13(18)19/h1-2,8-9H,3-7H2,(H2,16,20)(H,18,19). The Morgan fingerprint density at radius 1 is 1.35 bits per heavy atom. The largest absolute Gasteiger partial charge is 0.481 e. The maximum atomic E-state index is 11.5. The first-order chi connectivity index (χ1) is 9.47. The number of piperidine rings is 1. The number of carbonyl (C=O) groups is 2. The Bertz CT molecular complexity index is 525. The average molecular weight is 341 g/mol. The maximum absolute atomic E-state index is 11.5. The summed E-state index contributed by atoms with van der Waals surface area (Å²) in [5.74, 6) is -0.977. The summed E-state index contributed by atoms with van der Waals surface area (Å²) in [6.07, 6.45) is 1.86. The van der Waals surface area contributed by atoms with Gasteiger partial charge < -0.3 is 15.7 Å². The Hall–Kier alpha value is -1.56. The van der Waals surface area contributed by atoms with Crippen molar-refractivity contribution in [3.63, 3.8) is 0 Å². The molecule has 1 aliphatic rings. The molecule has 3 N–H and O–H groups in total. The van der Waals surface area contributed by atoms with E-state index in [1.165, 1.54) is 0 Å². The molecule has 0 unspecified atom stereocenters. The predicted molar refractivity (Wildman–Crippen MR) is 79.8 cm³/mol. The number of halogens is 1. The summed E-state index contributed by atoms with van der Waals surface area (Å²) in [6.45, 7) is 1.50. The van der Waals surface area contributed by atoms with Crippen molar-refractivity contribution in [2.75, 3.05) is 18.0 Å².